The summed E-state index contributed by atoms with van der Waals surface area (Å²) in [5.41, 5.74) is 0.569. The molecule has 6 nitrogen and oxygen atoms in total. The van der Waals surface area contributed by atoms with Crippen LogP contribution in [0.1, 0.15) is 41.6 Å². The van der Waals surface area contributed by atoms with Gasteiger partial charge in [0.2, 0.25) is 0 Å². The van der Waals surface area contributed by atoms with Crippen LogP contribution >= 0.6 is 0 Å². The average Bonchev–Trinajstić information content (AvgIpc) is 2.41. The van der Waals surface area contributed by atoms with E-state index in [0.717, 1.165) is 19.3 Å². The highest BCUT2D eigenvalue weighted by Crippen LogP contribution is 2.22. The normalized spacial score (nSPS) is 22.3. The van der Waals surface area contributed by atoms with Gasteiger partial charge < -0.3 is 10.4 Å². The Hall–Kier alpha value is -1.95. The van der Waals surface area contributed by atoms with Gasteiger partial charge in [-0.2, -0.15) is 0 Å². The second-order valence-electron chi connectivity index (χ2n) is 5.14. The fourth-order valence-corrected chi connectivity index (χ4v) is 2.59. The van der Waals surface area contributed by atoms with E-state index in [0.29, 0.717) is 12.0 Å². The summed E-state index contributed by atoms with van der Waals surface area (Å²) in [6.07, 6.45) is 2.81. The molecule has 6 heteroatoms. The summed E-state index contributed by atoms with van der Waals surface area (Å²) >= 11 is 0. The van der Waals surface area contributed by atoms with Crippen molar-refractivity contribution < 1.29 is 14.8 Å². The van der Waals surface area contributed by atoms with E-state index in [4.69, 9.17) is 0 Å². The molecule has 0 unspecified atom stereocenters. The Bertz CT molecular complexity index is 530. The van der Waals surface area contributed by atoms with Crippen molar-refractivity contribution >= 4 is 11.6 Å². The molecule has 0 heterocycles. The number of carbonyl (C=O) groups excluding carboxylic acids is 1. The Kier molecular flexibility index (Phi) is 4.34. The van der Waals surface area contributed by atoms with E-state index < -0.39 is 11.0 Å². The van der Waals surface area contributed by atoms with E-state index in [2.05, 4.69) is 5.32 Å². The predicted octanol–water partition coefficient (Wildman–Crippen LogP) is 1.94. The Morgan fingerprint density at radius 2 is 2.10 bits per heavy atom. The number of nitrogens with one attached hydrogen (secondary N) is 1. The molecule has 0 radical (unpaired) electrons. The van der Waals surface area contributed by atoms with Crippen molar-refractivity contribution in [2.75, 3.05) is 0 Å². The van der Waals surface area contributed by atoms with Gasteiger partial charge in [0, 0.05) is 17.2 Å². The lowest BCUT2D eigenvalue weighted by atomic mass is 9.92. The third-order valence-electron chi connectivity index (χ3n) is 3.79. The highest BCUT2D eigenvalue weighted by Gasteiger charge is 2.26. The number of nitro groups is 1. The molecule has 1 fully saturated rings. The van der Waals surface area contributed by atoms with Crippen molar-refractivity contribution in [3.63, 3.8) is 0 Å². The number of carbonyl (C=O) groups is 1. The third-order valence-corrected chi connectivity index (χ3v) is 3.79. The van der Waals surface area contributed by atoms with Gasteiger partial charge >= 0.3 is 0 Å². The molecule has 1 aliphatic carbocycles. The van der Waals surface area contributed by atoms with E-state index in [1.807, 2.05) is 0 Å². The number of hydrogen-bond donors (Lipinski definition) is 2. The van der Waals surface area contributed by atoms with E-state index in [1.165, 1.54) is 12.1 Å². The number of aliphatic hydroxyl groups is 1. The number of benzene rings is 1. The first kappa shape index (κ1) is 14.5. The van der Waals surface area contributed by atoms with Crippen LogP contribution in [0, 0.1) is 17.0 Å². The van der Waals surface area contributed by atoms with Crippen LogP contribution in [-0.4, -0.2) is 28.1 Å². The van der Waals surface area contributed by atoms with Gasteiger partial charge in [-0.05, 0) is 25.8 Å². The van der Waals surface area contributed by atoms with Crippen LogP contribution < -0.4 is 5.32 Å². The molecule has 0 aromatic heterocycles. The molecule has 1 aromatic rings. The fourth-order valence-electron chi connectivity index (χ4n) is 2.59. The van der Waals surface area contributed by atoms with Crippen molar-refractivity contribution in [3.8, 4) is 0 Å². The minimum atomic E-state index is -0.535. The Labute approximate surface area is 117 Å². The SMILES string of the molecule is Cc1c(C(=O)N[C@H]2CCCC[C@@H]2O)cccc1[N+](=O)[O-]. The average molecular weight is 278 g/mol. The molecule has 0 aliphatic heterocycles. The van der Waals surface area contributed by atoms with Crippen LogP contribution in [0.15, 0.2) is 18.2 Å². The number of nitrogens with zero attached hydrogens (tertiary/aromatic N) is 1. The highest BCUT2D eigenvalue weighted by atomic mass is 16.6. The zero-order valence-corrected chi connectivity index (χ0v) is 11.3. The quantitative estimate of drug-likeness (QED) is 0.652. The lowest BCUT2D eigenvalue weighted by Crippen LogP contribution is -2.45. The molecule has 1 aliphatic rings. The maximum absolute atomic E-state index is 12.2. The maximum atomic E-state index is 12.2. The van der Waals surface area contributed by atoms with Crippen molar-refractivity contribution in [1.29, 1.82) is 0 Å². The molecule has 0 bridgehead atoms. The highest BCUT2D eigenvalue weighted by molar-refractivity contribution is 5.96. The van der Waals surface area contributed by atoms with E-state index >= 15 is 0 Å². The lowest BCUT2D eigenvalue weighted by molar-refractivity contribution is -0.385. The topological polar surface area (TPSA) is 92.5 Å². The standard InChI is InChI=1S/C14H18N2O4/c1-9-10(5-4-7-12(9)16(19)20)14(18)15-11-6-2-3-8-13(11)17/h4-5,7,11,13,17H,2-3,6,8H2,1H3,(H,15,18)/t11-,13-/m0/s1. The predicted molar refractivity (Wildman–Crippen MR) is 73.6 cm³/mol. The molecule has 1 saturated carbocycles. The van der Waals surface area contributed by atoms with Gasteiger partial charge in [-0.15, -0.1) is 0 Å². The number of rotatable bonds is 3. The summed E-state index contributed by atoms with van der Waals surface area (Å²) in [7, 11) is 0. The minimum Gasteiger partial charge on any atom is -0.391 e. The second kappa shape index (κ2) is 6.00. The largest absolute Gasteiger partial charge is 0.391 e. The molecule has 1 aromatic carbocycles. The molecule has 2 N–H and O–H groups in total. The first-order chi connectivity index (χ1) is 9.50. The first-order valence-electron chi connectivity index (χ1n) is 6.73. The maximum Gasteiger partial charge on any atom is 0.273 e. The molecule has 1 amide bonds. The van der Waals surface area contributed by atoms with E-state index in [-0.39, 0.29) is 23.2 Å². The minimum absolute atomic E-state index is 0.0677. The summed E-state index contributed by atoms with van der Waals surface area (Å²) in [4.78, 5) is 22.6. The van der Waals surface area contributed by atoms with Gasteiger partial charge in [0.05, 0.1) is 17.1 Å². The van der Waals surface area contributed by atoms with Crippen LogP contribution in [0.5, 0.6) is 0 Å². The lowest BCUT2D eigenvalue weighted by Gasteiger charge is -2.28. The summed E-state index contributed by atoms with van der Waals surface area (Å²) in [6.45, 7) is 1.56. The van der Waals surface area contributed by atoms with Gasteiger partial charge in [-0.1, -0.05) is 18.9 Å². The molecule has 0 spiro atoms. The summed E-state index contributed by atoms with van der Waals surface area (Å²) in [6, 6.07) is 4.17. The van der Waals surface area contributed by atoms with Crippen LogP contribution in [0.25, 0.3) is 0 Å². The van der Waals surface area contributed by atoms with Gasteiger partial charge in [0.25, 0.3) is 11.6 Å². The Morgan fingerprint density at radius 3 is 2.75 bits per heavy atom. The molecular formula is C14H18N2O4. The monoisotopic (exact) mass is 278 g/mol. The molecule has 20 heavy (non-hydrogen) atoms. The van der Waals surface area contributed by atoms with Crippen molar-refractivity contribution in [2.45, 2.75) is 44.8 Å². The Morgan fingerprint density at radius 1 is 1.40 bits per heavy atom. The van der Waals surface area contributed by atoms with Crippen molar-refractivity contribution in [3.05, 3.63) is 39.4 Å². The zero-order chi connectivity index (χ0) is 14.7. The molecule has 2 rings (SSSR count). The number of aliphatic hydroxyl groups excluding tert-OH is 1. The summed E-state index contributed by atoms with van der Waals surface area (Å²) < 4.78 is 0. The molecule has 2 atom stereocenters. The fraction of sp³-hybridized carbons (Fsp3) is 0.500. The summed E-state index contributed by atoms with van der Waals surface area (Å²) in [5, 5.41) is 23.5. The number of amides is 1. The number of hydrogen-bond acceptors (Lipinski definition) is 4. The number of nitro benzene ring substituents is 1. The van der Waals surface area contributed by atoms with E-state index in [1.54, 1.807) is 13.0 Å². The molecule has 108 valence electrons. The zero-order valence-electron chi connectivity index (χ0n) is 11.3. The summed E-state index contributed by atoms with van der Waals surface area (Å²) in [5.74, 6) is -0.364. The van der Waals surface area contributed by atoms with E-state index in [9.17, 15) is 20.0 Å². The van der Waals surface area contributed by atoms with Crippen LogP contribution in [-0.2, 0) is 0 Å². The van der Waals surface area contributed by atoms with Gasteiger partial charge in [0.15, 0.2) is 0 Å². The van der Waals surface area contributed by atoms with Crippen molar-refractivity contribution in [2.24, 2.45) is 0 Å². The Balaban J connectivity index is 2.17. The molecule has 0 saturated heterocycles. The van der Waals surface area contributed by atoms with Crippen LogP contribution in [0.3, 0.4) is 0 Å². The molecular weight excluding hydrogens is 260 g/mol. The van der Waals surface area contributed by atoms with Crippen LogP contribution in [0.2, 0.25) is 0 Å². The first-order valence-corrected chi connectivity index (χ1v) is 6.73. The van der Waals surface area contributed by atoms with Gasteiger partial charge in [0.1, 0.15) is 0 Å². The van der Waals surface area contributed by atoms with Crippen LogP contribution in [0.4, 0.5) is 5.69 Å². The van der Waals surface area contributed by atoms with Gasteiger partial charge in [-0.3, -0.25) is 14.9 Å². The van der Waals surface area contributed by atoms with Gasteiger partial charge in [-0.25, -0.2) is 0 Å². The smallest absolute Gasteiger partial charge is 0.273 e. The third kappa shape index (κ3) is 2.96. The second-order valence-corrected chi connectivity index (χ2v) is 5.14. The van der Waals surface area contributed by atoms with Crippen molar-refractivity contribution in [1.82, 2.24) is 5.32 Å².